The van der Waals surface area contributed by atoms with Crippen LogP contribution >= 0.6 is 11.6 Å². The maximum Gasteiger partial charge on any atom is 0.429 e. The van der Waals surface area contributed by atoms with Crippen molar-refractivity contribution in [1.29, 1.82) is 0 Å². The Labute approximate surface area is 167 Å². The van der Waals surface area contributed by atoms with E-state index in [2.05, 4.69) is 0 Å². The van der Waals surface area contributed by atoms with Crippen LogP contribution in [0.2, 0.25) is 5.02 Å². The molecule has 3 aromatic rings. The molecular weight excluding hydrogens is 383 g/mol. The highest BCUT2D eigenvalue weighted by Gasteiger charge is 2.14. The Kier molecular flexibility index (Phi) is 6.47. The predicted molar refractivity (Wildman–Crippen MR) is 105 cm³/mol. The molecule has 28 heavy (non-hydrogen) atoms. The summed E-state index contributed by atoms with van der Waals surface area (Å²) in [4.78, 5) is 12.1. The molecule has 0 saturated carbocycles. The van der Waals surface area contributed by atoms with Crippen LogP contribution in [-0.2, 0) is 18.0 Å². The average molecular weight is 401 g/mol. The molecule has 0 heterocycles. The van der Waals surface area contributed by atoms with Gasteiger partial charge in [0.1, 0.15) is 24.8 Å². The van der Waals surface area contributed by atoms with Crippen LogP contribution in [0.15, 0.2) is 72.8 Å². The zero-order valence-corrected chi connectivity index (χ0v) is 15.6. The molecule has 2 N–H and O–H groups in total. The monoisotopic (exact) mass is 400 g/mol. The summed E-state index contributed by atoms with van der Waals surface area (Å²) in [6.45, 7) is 0.316. The zero-order chi connectivity index (χ0) is 19.9. The standard InChI is InChI=1S/C21H18ClFN2O3/c22-20-4-2-1-3-16(20)14-28-21(26)25(24)18-9-11-19(12-10-18)27-13-15-5-7-17(23)8-6-15/h1-12H,13-14,24H2. The van der Waals surface area contributed by atoms with Crippen LogP contribution in [0.1, 0.15) is 11.1 Å². The van der Waals surface area contributed by atoms with Crippen molar-refractivity contribution in [3.05, 3.63) is 94.8 Å². The molecule has 0 spiro atoms. The van der Waals surface area contributed by atoms with E-state index in [1.807, 2.05) is 0 Å². The molecule has 0 atom stereocenters. The van der Waals surface area contributed by atoms with Gasteiger partial charge in [0.25, 0.3) is 0 Å². The molecule has 1 amide bonds. The molecule has 0 unspecified atom stereocenters. The lowest BCUT2D eigenvalue weighted by atomic mass is 10.2. The Hall–Kier alpha value is -3.09. The second-order valence-electron chi connectivity index (χ2n) is 5.93. The van der Waals surface area contributed by atoms with E-state index in [1.165, 1.54) is 12.1 Å². The summed E-state index contributed by atoms with van der Waals surface area (Å²) in [5.74, 6) is 6.11. The van der Waals surface area contributed by atoms with Gasteiger partial charge in [-0.1, -0.05) is 41.9 Å². The van der Waals surface area contributed by atoms with Gasteiger partial charge in [-0.3, -0.25) is 0 Å². The lowest BCUT2D eigenvalue weighted by Crippen LogP contribution is -2.37. The van der Waals surface area contributed by atoms with Crippen LogP contribution in [0.5, 0.6) is 5.75 Å². The number of hydrazine groups is 1. The fourth-order valence-electron chi connectivity index (χ4n) is 2.38. The zero-order valence-electron chi connectivity index (χ0n) is 14.8. The van der Waals surface area contributed by atoms with Gasteiger partial charge >= 0.3 is 6.09 Å². The maximum absolute atomic E-state index is 12.9. The Morgan fingerprint density at radius 2 is 1.64 bits per heavy atom. The first-order valence-corrected chi connectivity index (χ1v) is 8.83. The number of nitrogens with zero attached hydrogens (tertiary/aromatic N) is 1. The first kappa shape index (κ1) is 19.7. The van der Waals surface area contributed by atoms with Gasteiger partial charge in [0.05, 0.1) is 5.69 Å². The molecule has 3 rings (SSSR count). The van der Waals surface area contributed by atoms with Gasteiger partial charge in [-0.05, 0) is 48.0 Å². The van der Waals surface area contributed by atoms with Crippen LogP contribution in [0.25, 0.3) is 0 Å². The Morgan fingerprint density at radius 3 is 2.32 bits per heavy atom. The third kappa shape index (κ3) is 5.22. The summed E-state index contributed by atoms with van der Waals surface area (Å²) in [7, 11) is 0. The molecule has 0 aliphatic carbocycles. The second kappa shape index (κ2) is 9.21. The van der Waals surface area contributed by atoms with Crippen LogP contribution < -0.4 is 15.6 Å². The minimum absolute atomic E-state index is 0.0189. The van der Waals surface area contributed by atoms with Gasteiger partial charge in [-0.15, -0.1) is 0 Å². The predicted octanol–water partition coefficient (Wildman–Crippen LogP) is 5.08. The fourth-order valence-corrected chi connectivity index (χ4v) is 2.57. The maximum atomic E-state index is 12.9. The molecule has 0 radical (unpaired) electrons. The third-order valence-corrected chi connectivity index (χ3v) is 4.31. The van der Waals surface area contributed by atoms with E-state index in [0.717, 1.165) is 10.6 Å². The quantitative estimate of drug-likeness (QED) is 0.356. The molecule has 0 saturated heterocycles. The Balaban J connectivity index is 1.53. The number of benzene rings is 3. The number of rotatable bonds is 6. The summed E-state index contributed by atoms with van der Waals surface area (Å²) >= 11 is 6.03. The highest BCUT2D eigenvalue weighted by atomic mass is 35.5. The summed E-state index contributed by atoms with van der Waals surface area (Å²) < 4.78 is 23.7. The van der Waals surface area contributed by atoms with Crippen LogP contribution in [0.4, 0.5) is 14.9 Å². The van der Waals surface area contributed by atoms with Crippen molar-refractivity contribution in [1.82, 2.24) is 0 Å². The number of nitrogens with two attached hydrogens (primary N) is 1. The van der Waals surface area contributed by atoms with Gasteiger partial charge in [0.2, 0.25) is 0 Å². The molecule has 0 aliphatic heterocycles. The van der Waals surface area contributed by atoms with Crippen molar-refractivity contribution in [3.8, 4) is 5.75 Å². The molecule has 0 aliphatic rings. The average Bonchev–Trinajstić information content (AvgIpc) is 2.72. The third-order valence-electron chi connectivity index (χ3n) is 3.94. The number of carbonyl (C=O) groups is 1. The van der Waals surface area contributed by atoms with E-state index in [4.69, 9.17) is 26.9 Å². The summed E-state index contributed by atoms with van der Waals surface area (Å²) in [6.07, 6.45) is -0.708. The summed E-state index contributed by atoms with van der Waals surface area (Å²) in [5.41, 5.74) is 1.97. The summed E-state index contributed by atoms with van der Waals surface area (Å²) in [6, 6.07) is 19.8. The number of anilines is 1. The molecule has 5 nitrogen and oxygen atoms in total. The van der Waals surface area contributed by atoms with Crippen molar-refractivity contribution in [2.75, 3.05) is 5.01 Å². The van der Waals surface area contributed by atoms with E-state index in [9.17, 15) is 9.18 Å². The summed E-state index contributed by atoms with van der Waals surface area (Å²) in [5, 5.41) is 1.42. The number of ether oxygens (including phenoxy) is 2. The van der Waals surface area contributed by atoms with Gasteiger partial charge in [0, 0.05) is 10.6 Å². The molecule has 3 aromatic carbocycles. The first-order valence-electron chi connectivity index (χ1n) is 8.45. The van der Waals surface area contributed by atoms with Gasteiger partial charge in [0.15, 0.2) is 0 Å². The first-order chi connectivity index (χ1) is 13.5. The molecule has 0 bridgehead atoms. The molecular formula is C21H18ClFN2O3. The van der Waals surface area contributed by atoms with Crippen molar-refractivity contribution in [2.24, 2.45) is 5.84 Å². The number of halogens is 2. The normalized spacial score (nSPS) is 10.4. The van der Waals surface area contributed by atoms with Gasteiger partial charge in [-0.25, -0.2) is 20.0 Å². The smallest absolute Gasteiger partial charge is 0.429 e. The van der Waals surface area contributed by atoms with Gasteiger partial charge in [-0.2, -0.15) is 0 Å². The SMILES string of the molecule is NN(C(=O)OCc1ccccc1Cl)c1ccc(OCc2ccc(F)cc2)cc1. The molecule has 144 valence electrons. The van der Waals surface area contributed by atoms with Crippen LogP contribution in [-0.4, -0.2) is 6.09 Å². The van der Waals surface area contributed by atoms with E-state index in [1.54, 1.807) is 60.7 Å². The lowest BCUT2D eigenvalue weighted by Gasteiger charge is -2.17. The van der Waals surface area contributed by atoms with Crippen molar-refractivity contribution < 1.29 is 18.7 Å². The van der Waals surface area contributed by atoms with Crippen molar-refractivity contribution in [2.45, 2.75) is 13.2 Å². The van der Waals surface area contributed by atoms with E-state index in [-0.39, 0.29) is 12.4 Å². The van der Waals surface area contributed by atoms with E-state index >= 15 is 0 Å². The lowest BCUT2D eigenvalue weighted by molar-refractivity contribution is 0.147. The Bertz CT molecular complexity index is 933. The highest BCUT2D eigenvalue weighted by molar-refractivity contribution is 6.31. The number of carbonyl (C=O) groups excluding carboxylic acids is 1. The topological polar surface area (TPSA) is 64.8 Å². The fraction of sp³-hybridized carbons (Fsp3) is 0.0952. The molecule has 0 fully saturated rings. The number of amides is 1. The van der Waals surface area contributed by atoms with E-state index in [0.29, 0.717) is 28.6 Å². The minimum Gasteiger partial charge on any atom is -0.489 e. The Morgan fingerprint density at radius 1 is 0.964 bits per heavy atom. The largest absolute Gasteiger partial charge is 0.489 e. The second-order valence-corrected chi connectivity index (χ2v) is 6.33. The highest BCUT2D eigenvalue weighted by Crippen LogP contribution is 2.20. The van der Waals surface area contributed by atoms with Crippen LogP contribution in [0.3, 0.4) is 0 Å². The molecule has 0 aromatic heterocycles. The van der Waals surface area contributed by atoms with Crippen LogP contribution in [0, 0.1) is 5.82 Å². The van der Waals surface area contributed by atoms with Crippen molar-refractivity contribution >= 4 is 23.4 Å². The van der Waals surface area contributed by atoms with Crippen molar-refractivity contribution in [3.63, 3.8) is 0 Å². The number of hydrogen-bond donors (Lipinski definition) is 1. The minimum atomic E-state index is -0.708. The van der Waals surface area contributed by atoms with Gasteiger partial charge < -0.3 is 9.47 Å². The van der Waals surface area contributed by atoms with E-state index < -0.39 is 6.09 Å². The number of hydrogen-bond acceptors (Lipinski definition) is 4. The molecule has 7 heteroatoms.